The summed E-state index contributed by atoms with van der Waals surface area (Å²) in [5, 5.41) is 3.34. The lowest BCUT2D eigenvalue weighted by Gasteiger charge is -2.14. The minimum atomic E-state index is 0.841. The zero-order chi connectivity index (χ0) is 11.4. The third-order valence-corrected chi connectivity index (χ3v) is 2.98. The van der Waals surface area contributed by atoms with Crippen LogP contribution in [0, 0.1) is 0 Å². The number of benzene rings is 1. The molecule has 1 N–H and O–H groups in total. The fourth-order valence-corrected chi connectivity index (χ4v) is 2.19. The molecule has 1 aliphatic rings. The molecular weight excluding hydrogens is 268 g/mol. The lowest BCUT2D eigenvalue weighted by atomic mass is 10.2. The molecule has 0 saturated carbocycles. The van der Waals surface area contributed by atoms with E-state index >= 15 is 0 Å². The molecule has 16 heavy (non-hydrogen) atoms. The molecule has 0 aromatic heterocycles. The lowest BCUT2D eigenvalue weighted by Crippen LogP contribution is -2.16. The number of hydrogen-bond acceptors (Lipinski definition) is 3. The third-order valence-electron chi connectivity index (χ3n) is 2.52. The Morgan fingerprint density at radius 2 is 2.19 bits per heavy atom. The number of rotatable bonds is 2. The molecule has 2 rings (SSSR count). The Bertz CT molecular complexity index is 404. The number of halogens is 1. The molecule has 1 aromatic carbocycles. The summed E-state index contributed by atoms with van der Waals surface area (Å²) >= 11 is 3.46. The number of ether oxygens (including phenoxy) is 1. The average Bonchev–Trinajstić information content (AvgIpc) is 2.29. The number of nitrogens with one attached hydrogen (secondary N) is 1. The highest BCUT2D eigenvalue weighted by molar-refractivity contribution is 9.10. The molecule has 1 heterocycles. The van der Waals surface area contributed by atoms with Crippen molar-refractivity contribution < 1.29 is 4.74 Å². The van der Waals surface area contributed by atoms with E-state index < -0.39 is 0 Å². The zero-order valence-corrected chi connectivity index (χ0v) is 10.9. The van der Waals surface area contributed by atoms with Crippen LogP contribution in [0.4, 0.5) is 5.69 Å². The first kappa shape index (κ1) is 11.5. The van der Waals surface area contributed by atoms with Crippen LogP contribution < -0.4 is 10.1 Å². The van der Waals surface area contributed by atoms with Gasteiger partial charge in [-0.25, -0.2) is 0 Å². The number of nitrogens with zero attached hydrogens (tertiary/aromatic N) is 1. The topological polar surface area (TPSA) is 33.6 Å². The molecule has 0 unspecified atom stereocenters. The van der Waals surface area contributed by atoms with Gasteiger partial charge in [0.1, 0.15) is 11.6 Å². The summed E-state index contributed by atoms with van der Waals surface area (Å²) in [5.41, 5.74) is 1.02. The van der Waals surface area contributed by atoms with Gasteiger partial charge in [-0.15, -0.1) is 0 Å². The normalized spacial score (nSPS) is 15.5. The lowest BCUT2D eigenvalue weighted by molar-refractivity contribution is 0.415. The Balaban J connectivity index is 2.14. The van der Waals surface area contributed by atoms with Crippen molar-refractivity contribution in [1.29, 1.82) is 0 Å². The standard InChI is InChI=1S/C12H15BrN2O/c1-16-11-7-9(13)6-10(8-11)15-12-4-2-3-5-14-12/h6-8H,2-5H2,1H3,(H,14,15). The fraction of sp³-hybridized carbons (Fsp3) is 0.417. The molecule has 0 bridgehead atoms. The van der Waals surface area contributed by atoms with E-state index in [1.807, 2.05) is 18.2 Å². The maximum absolute atomic E-state index is 5.21. The highest BCUT2D eigenvalue weighted by Crippen LogP contribution is 2.25. The summed E-state index contributed by atoms with van der Waals surface area (Å²) < 4.78 is 6.22. The van der Waals surface area contributed by atoms with Crippen molar-refractivity contribution in [2.45, 2.75) is 19.3 Å². The molecular formula is C12H15BrN2O. The molecule has 0 saturated heterocycles. The predicted molar refractivity (Wildman–Crippen MR) is 70.5 cm³/mol. The summed E-state index contributed by atoms with van der Waals surface area (Å²) in [6.45, 7) is 0.938. The Morgan fingerprint density at radius 1 is 1.31 bits per heavy atom. The number of amidine groups is 1. The summed E-state index contributed by atoms with van der Waals surface area (Å²) in [6, 6.07) is 5.94. The van der Waals surface area contributed by atoms with Crippen LogP contribution in [0.3, 0.4) is 0 Å². The first-order valence-electron chi connectivity index (χ1n) is 5.43. The highest BCUT2D eigenvalue weighted by atomic mass is 79.9. The van der Waals surface area contributed by atoms with Gasteiger partial charge in [0.15, 0.2) is 0 Å². The van der Waals surface area contributed by atoms with Crippen molar-refractivity contribution in [3.8, 4) is 5.75 Å². The zero-order valence-electron chi connectivity index (χ0n) is 9.29. The second-order valence-electron chi connectivity index (χ2n) is 3.79. The van der Waals surface area contributed by atoms with Gasteiger partial charge in [0.25, 0.3) is 0 Å². The minimum Gasteiger partial charge on any atom is -0.497 e. The van der Waals surface area contributed by atoms with E-state index in [1.54, 1.807) is 7.11 Å². The summed E-state index contributed by atoms with van der Waals surface area (Å²) in [5.74, 6) is 1.92. The number of hydrogen-bond donors (Lipinski definition) is 1. The van der Waals surface area contributed by atoms with Crippen LogP contribution in [0.1, 0.15) is 19.3 Å². The van der Waals surface area contributed by atoms with E-state index in [0.717, 1.165) is 34.7 Å². The molecule has 1 aromatic rings. The molecule has 0 aliphatic carbocycles. The van der Waals surface area contributed by atoms with E-state index in [4.69, 9.17) is 4.74 Å². The second kappa shape index (κ2) is 5.34. The predicted octanol–water partition coefficient (Wildman–Crippen LogP) is 3.45. The Morgan fingerprint density at radius 3 is 2.88 bits per heavy atom. The smallest absolute Gasteiger partial charge is 0.122 e. The van der Waals surface area contributed by atoms with Crippen LogP contribution in [0.2, 0.25) is 0 Å². The Kier molecular flexibility index (Phi) is 3.83. The number of anilines is 1. The second-order valence-corrected chi connectivity index (χ2v) is 4.71. The number of aliphatic imine (C=N–C) groups is 1. The summed E-state index contributed by atoms with van der Waals surface area (Å²) in [6.07, 6.45) is 3.46. The molecule has 0 fully saturated rings. The maximum atomic E-state index is 5.21. The first-order chi connectivity index (χ1) is 7.78. The van der Waals surface area contributed by atoms with Crippen molar-refractivity contribution >= 4 is 27.5 Å². The van der Waals surface area contributed by atoms with Gasteiger partial charge in [-0.2, -0.15) is 0 Å². The molecule has 0 radical (unpaired) electrons. The van der Waals surface area contributed by atoms with E-state index in [9.17, 15) is 0 Å². The van der Waals surface area contributed by atoms with Gasteiger partial charge >= 0.3 is 0 Å². The van der Waals surface area contributed by atoms with Crippen LogP contribution in [-0.4, -0.2) is 19.5 Å². The van der Waals surface area contributed by atoms with Gasteiger partial charge in [-0.3, -0.25) is 4.99 Å². The Hall–Kier alpha value is -1.03. The molecule has 4 heteroatoms. The van der Waals surface area contributed by atoms with Crippen LogP contribution in [0.15, 0.2) is 27.7 Å². The van der Waals surface area contributed by atoms with Gasteiger partial charge in [0, 0.05) is 29.2 Å². The molecule has 0 atom stereocenters. The Labute approximate surface area is 104 Å². The molecule has 3 nitrogen and oxygen atoms in total. The molecule has 86 valence electrons. The van der Waals surface area contributed by atoms with Gasteiger partial charge in [0.2, 0.25) is 0 Å². The largest absolute Gasteiger partial charge is 0.497 e. The van der Waals surface area contributed by atoms with Crippen LogP contribution in [0.5, 0.6) is 5.75 Å². The van der Waals surface area contributed by atoms with Gasteiger partial charge in [-0.1, -0.05) is 15.9 Å². The van der Waals surface area contributed by atoms with Crippen molar-refractivity contribution in [3.63, 3.8) is 0 Å². The van der Waals surface area contributed by atoms with Crippen molar-refractivity contribution in [3.05, 3.63) is 22.7 Å². The molecule has 0 spiro atoms. The van der Waals surface area contributed by atoms with Crippen molar-refractivity contribution in [2.24, 2.45) is 4.99 Å². The first-order valence-corrected chi connectivity index (χ1v) is 6.22. The van der Waals surface area contributed by atoms with Crippen molar-refractivity contribution in [2.75, 3.05) is 19.0 Å². The van der Waals surface area contributed by atoms with Crippen LogP contribution >= 0.6 is 15.9 Å². The summed E-state index contributed by atoms with van der Waals surface area (Å²) in [4.78, 5) is 4.46. The van der Waals surface area contributed by atoms with Gasteiger partial charge in [0.05, 0.1) is 7.11 Å². The fourth-order valence-electron chi connectivity index (χ4n) is 1.72. The van der Waals surface area contributed by atoms with Gasteiger partial charge < -0.3 is 10.1 Å². The molecule has 0 amide bonds. The average molecular weight is 283 g/mol. The highest BCUT2D eigenvalue weighted by Gasteiger charge is 2.06. The van der Waals surface area contributed by atoms with E-state index in [2.05, 4.69) is 26.2 Å². The quantitative estimate of drug-likeness (QED) is 0.901. The summed E-state index contributed by atoms with van der Waals surface area (Å²) in [7, 11) is 1.67. The molecule has 1 aliphatic heterocycles. The van der Waals surface area contributed by atoms with E-state index in [0.29, 0.717) is 0 Å². The van der Waals surface area contributed by atoms with Crippen molar-refractivity contribution in [1.82, 2.24) is 0 Å². The minimum absolute atomic E-state index is 0.841. The monoisotopic (exact) mass is 282 g/mol. The van der Waals surface area contributed by atoms with Crippen LogP contribution in [0.25, 0.3) is 0 Å². The number of methoxy groups -OCH3 is 1. The van der Waals surface area contributed by atoms with Crippen LogP contribution in [-0.2, 0) is 0 Å². The maximum Gasteiger partial charge on any atom is 0.122 e. The van der Waals surface area contributed by atoms with E-state index in [1.165, 1.54) is 12.8 Å². The van der Waals surface area contributed by atoms with E-state index in [-0.39, 0.29) is 0 Å². The SMILES string of the molecule is COc1cc(Br)cc(NC2=NCCCC2)c1. The third kappa shape index (κ3) is 2.98. The van der Waals surface area contributed by atoms with Gasteiger partial charge in [-0.05, 0) is 25.0 Å².